The number of rotatable bonds is 4. The molecule has 0 aromatic heterocycles. The van der Waals surface area contributed by atoms with Crippen molar-refractivity contribution in [2.75, 3.05) is 16.8 Å². The molecule has 3 aromatic carbocycles. The number of anilines is 2. The largest absolute Gasteiger partial charge is 0.326 e. The summed E-state index contributed by atoms with van der Waals surface area (Å²) in [6.45, 7) is 0.748. The lowest BCUT2D eigenvalue weighted by Gasteiger charge is -2.21. The Morgan fingerprint density at radius 1 is 0.967 bits per heavy atom. The van der Waals surface area contributed by atoms with Crippen LogP contribution >= 0.6 is 0 Å². The molecule has 4 heteroatoms. The summed E-state index contributed by atoms with van der Waals surface area (Å²) in [7, 11) is 0. The third-order valence-corrected chi connectivity index (χ3v) is 6.46. The number of nitrogens with zero attached hydrogens (tertiary/aromatic N) is 1. The standard InChI is InChI=1S/C26H26N2O2/c29-25(17-20-10-5-9-18-6-3-4-11-23(18)20)27-22-12-13-24-21(16-22)14-15-28(24)26(30)19-7-1-2-8-19/h3-6,9-13,16,19H,1-2,7-8,14-15,17H2,(H,27,29). The molecule has 0 saturated heterocycles. The number of carbonyl (C=O) groups excluding carboxylic acids is 2. The molecule has 1 aliphatic carbocycles. The van der Waals surface area contributed by atoms with Gasteiger partial charge in [-0.15, -0.1) is 0 Å². The molecule has 2 amide bonds. The molecule has 30 heavy (non-hydrogen) atoms. The van der Waals surface area contributed by atoms with Gasteiger partial charge < -0.3 is 10.2 Å². The molecule has 1 aliphatic heterocycles. The Labute approximate surface area is 176 Å². The van der Waals surface area contributed by atoms with Gasteiger partial charge in [-0.3, -0.25) is 9.59 Å². The lowest BCUT2D eigenvalue weighted by atomic mass is 10.0. The van der Waals surface area contributed by atoms with Crippen molar-refractivity contribution in [1.29, 1.82) is 0 Å². The van der Waals surface area contributed by atoms with E-state index in [0.29, 0.717) is 6.42 Å². The van der Waals surface area contributed by atoms with Crippen molar-refractivity contribution >= 4 is 34.0 Å². The highest BCUT2D eigenvalue weighted by atomic mass is 16.2. The number of hydrogen-bond donors (Lipinski definition) is 1. The van der Waals surface area contributed by atoms with Crippen LogP contribution in [0.2, 0.25) is 0 Å². The predicted molar refractivity (Wildman–Crippen MR) is 121 cm³/mol. The Morgan fingerprint density at radius 3 is 2.63 bits per heavy atom. The smallest absolute Gasteiger partial charge is 0.230 e. The lowest BCUT2D eigenvalue weighted by molar-refractivity contribution is -0.122. The first kappa shape index (κ1) is 18.9. The Hall–Kier alpha value is -3.14. The van der Waals surface area contributed by atoms with Crippen LogP contribution in [0.3, 0.4) is 0 Å². The first-order chi connectivity index (χ1) is 14.7. The average Bonchev–Trinajstić information content (AvgIpc) is 3.43. The highest BCUT2D eigenvalue weighted by molar-refractivity contribution is 5.99. The van der Waals surface area contributed by atoms with Crippen LogP contribution in [0.1, 0.15) is 36.8 Å². The van der Waals surface area contributed by atoms with Crippen LogP contribution in [0.5, 0.6) is 0 Å². The highest BCUT2D eigenvalue weighted by Crippen LogP contribution is 2.35. The monoisotopic (exact) mass is 398 g/mol. The molecule has 2 aliphatic rings. The van der Waals surface area contributed by atoms with Crippen molar-refractivity contribution in [1.82, 2.24) is 0 Å². The van der Waals surface area contributed by atoms with E-state index in [1.54, 1.807) is 0 Å². The van der Waals surface area contributed by atoms with Crippen molar-refractivity contribution in [3.63, 3.8) is 0 Å². The van der Waals surface area contributed by atoms with Crippen LogP contribution in [0, 0.1) is 5.92 Å². The molecule has 0 radical (unpaired) electrons. The summed E-state index contributed by atoms with van der Waals surface area (Å²) in [6.07, 6.45) is 5.56. The second kappa shape index (κ2) is 7.94. The van der Waals surface area contributed by atoms with E-state index in [1.807, 2.05) is 47.4 Å². The van der Waals surface area contributed by atoms with Gasteiger partial charge in [0.25, 0.3) is 0 Å². The van der Waals surface area contributed by atoms with E-state index in [-0.39, 0.29) is 17.7 Å². The van der Waals surface area contributed by atoms with Crippen LogP contribution in [0.25, 0.3) is 10.8 Å². The van der Waals surface area contributed by atoms with Gasteiger partial charge in [0.1, 0.15) is 0 Å². The fraction of sp³-hybridized carbons (Fsp3) is 0.308. The number of fused-ring (bicyclic) bond motifs is 2. The Morgan fingerprint density at radius 2 is 1.77 bits per heavy atom. The number of carbonyl (C=O) groups is 2. The van der Waals surface area contributed by atoms with Crippen molar-refractivity contribution in [2.24, 2.45) is 5.92 Å². The third kappa shape index (κ3) is 3.58. The van der Waals surface area contributed by atoms with E-state index >= 15 is 0 Å². The average molecular weight is 399 g/mol. The van der Waals surface area contributed by atoms with Crippen molar-refractivity contribution in [3.05, 3.63) is 71.8 Å². The van der Waals surface area contributed by atoms with E-state index in [9.17, 15) is 9.59 Å². The summed E-state index contributed by atoms with van der Waals surface area (Å²) in [6, 6.07) is 20.1. The minimum atomic E-state index is -0.0248. The van der Waals surface area contributed by atoms with Gasteiger partial charge in [0.05, 0.1) is 6.42 Å². The molecule has 0 spiro atoms. The molecule has 0 atom stereocenters. The second-order valence-corrected chi connectivity index (χ2v) is 8.43. The Balaban J connectivity index is 1.29. The van der Waals surface area contributed by atoms with E-state index in [1.165, 1.54) is 12.8 Å². The summed E-state index contributed by atoms with van der Waals surface area (Å²) in [5, 5.41) is 5.30. The molecule has 1 saturated carbocycles. The minimum Gasteiger partial charge on any atom is -0.326 e. The number of hydrogen-bond acceptors (Lipinski definition) is 2. The topological polar surface area (TPSA) is 49.4 Å². The summed E-state index contributed by atoms with van der Waals surface area (Å²) in [4.78, 5) is 27.5. The van der Waals surface area contributed by atoms with Gasteiger partial charge in [-0.05, 0) is 59.4 Å². The fourth-order valence-electron chi connectivity index (χ4n) is 4.93. The zero-order valence-corrected chi connectivity index (χ0v) is 17.1. The van der Waals surface area contributed by atoms with Gasteiger partial charge in [0.2, 0.25) is 11.8 Å². The van der Waals surface area contributed by atoms with Gasteiger partial charge in [-0.1, -0.05) is 55.3 Å². The van der Waals surface area contributed by atoms with E-state index < -0.39 is 0 Å². The summed E-state index contributed by atoms with van der Waals surface area (Å²) < 4.78 is 0. The van der Waals surface area contributed by atoms with Gasteiger partial charge >= 0.3 is 0 Å². The molecule has 1 N–H and O–H groups in total. The number of amides is 2. The molecule has 1 heterocycles. The van der Waals surface area contributed by atoms with Crippen LogP contribution < -0.4 is 10.2 Å². The molecule has 0 unspecified atom stereocenters. The van der Waals surface area contributed by atoms with Gasteiger partial charge in [-0.2, -0.15) is 0 Å². The number of nitrogens with one attached hydrogen (secondary N) is 1. The Bertz CT molecular complexity index is 1110. The zero-order valence-electron chi connectivity index (χ0n) is 17.1. The summed E-state index contributed by atoms with van der Waals surface area (Å²) in [5.74, 6) is 0.443. The second-order valence-electron chi connectivity index (χ2n) is 8.43. The maximum Gasteiger partial charge on any atom is 0.230 e. The highest BCUT2D eigenvalue weighted by Gasteiger charge is 2.31. The van der Waals surface area contributed by atoms with Crippen molar-refractivity contribution in [3.8, 4) is 0 Å². The maximum atomic E-state index is 12.8. The van der Waals surface area contributed by atoms with Crippen LogP contribution in [0.15, 0.2) is 60.7 Å². The lowest BCUT2D eigenvalue weighted by Crippen LogP contribution is -2.33. The summed E-state index contributed by atoms with van der Waals surface area (Å²) in [5.41, 5.74) is 3.98. The first-order valence-electron chi connectivity index (χ1n) is 10.9. The minimum absolute atomic E-state index is 0.0248. The molecule has 1 fully saturated rings. The molecule has 4 nitrogen and oxygen atoms in total. The van der Waals surface area contributed by atoms with E-state index in [2.05, 4.69) is 23.5 Å². The normalized spacial score (nSPS) is 16.1. The molecule has 0 bridgehead atoms. The molecule has 3 aromatic rings. The maximum absolute atomic E-state index is 12.8. The third-order valence-electron chi connectivity index (χ3n) is 6.46. The van der Waals surface area contributed by atoms with E-state index in [4.69, 9.17) is 0 Å². The van der Waals surface area contributed by atoms with E-state index in [0.717, 1.165) is 59.1 Å². The van der Waals surface area contributed by atoms with Gasteiger partial charge in [0, 0.05) is 23.8 Å². The summed E-state index contributed by atoms with van der Waals surface area (Å²) >= 11 is 0. The SMILES string of the molecule is O=C(Cc1cccc2ccccc12)Nc1ccc2c(c1)CCN2C(=O)C1CCCC1. The van der Waals surface area contributed by atoms with Crippen LogP contribution in [-0.2, 0) is 22.4 Å². The number of benzene rings is 3. The quantitative estimate of drug-likeness (QED) is 0.665. The van der Waals surface area contributed by atoms with Gasteiger partial charge in [-0.25, -0.2) is 0 Å². The van der Waals surface area contributed by atoms with Crippen molar-refractivity contribution in [2.45, 2.75) is 38.5 Å². The zero-order chi connectivity index (χ0) is 20.5. The molecule has 5 rings (SSSR count). The Kier molecular flexibility index (Phi) is 4.99. The molecular formula is C26H26N2O2. The fourth-order valence-corrected chi connectivity index (χ4v) is 4.93. The van der Waals surface area contributed by atoms with Crippen LogP contribution in [-0.4, -0.2) is 18.4 Å². The van der Waals surface area contributed by atoms with Crippen LogP contribution in [0.4, 0.5) is 11.4 Å². The first-order valence-corrected chi connectivity index (χ1v) is 10.9. The van der Waals surface area contributed by atoms with Gasteiger partial charge in [0.15, 0.2) is 0 Å². The van der Waals surface area contributed by atoms with Crippen molar-refractivity contribution < 1.29 is 9.59 Å². The predicted octanol–water partition coefficient (Wildman–Crippen LogP) is 5.10. The molecular weight excluding hydrogens is 372 g/mol. The molecule has 152 valence electrons.